The molecule has 5 heteroatoms. The summed E-state index contributed by atoms with van der Waals surface area (Å²) in [5.41, 5.74) is 2.86. The number of halogens is 1. The molecule has 0 aliphatic heterocycles. The number of nitrogens with one attached hydrogen (secondary N) is 1. The maximum Gasteiger partial charge on any atom is 0.151 e. The van der Waals surface area contributed by atoms with E-state index in [0.717, 1.165) is 11.1 Å². The number of nitrogens with zero attached hydrogens (tertiary/aromatic N) is 3. The highest BCUT2D eigenvalue weighted by atomic mass is 19.1. The standard InChI is InChI=1S/C12H13FN4/c1-7-8(2)12(14-3)17-16-11(7)9-4-5-15-6-10(9)13/h4-6H,1-3H3,(H,14,17). The van der Waals surface area contributed by atoms with Gasteiger partial charge in [0.15, 0.2) is 11.6 Å². The summed E-state index contributed by atoms with van der Waals surface area (Å²) in [6, 6.07) is 1.60. The molecule has 2 rings (SSSR count). The van der Waals surface area contributed by atoms with Crippen molar-refractivity contribution in [3.8, 4) is 11.3 Å². The average Bonchev–Trinajstić information content (AvgIpc) is 2.34. The first-order chi connectivity index (χ1) is 8.15. The fourth-order valence-electron chi connectivity index (χ4n) is 1.67. The van der Waals surface area contributed by atoms with Crippen molar-refractivity contribution in [3.05, 3.63) is 35.4 Å². The van der Waals surface area contributed by atoms with Gasteiger partial charge < -0.3 is 5.32 Å². The van der Waals surface area contributed by atoms with E-state index in [1.165, 1.54) is 6.20 Å². The Morgan fingerprint density at radius 2 is 1.94 bits per heavy atom. The zero-order valence-corrected chi connectivity index (χ0v) is 9.95. The molecular formula is C12H13FN4. The molecule has 0 aliphatic rings. The molecule has 0 amide bonds. The molecule has 0 bridgehead atoms. The van der Waals surface area contributed by atoms with E-state index >= 15 is 0 Å². The number of anilines is 1. The summed E-state index contributed by atoms with van der Waals surface area (Å²) in [6.45, 7) is 3.83. The lowest BCUT2D eigenvalue weighted by Crippen LogP contribution is -2.03. The Morgan fingerprint density at radius 1 is 1.18 bits per heavy atom. The van der Waals surface area contributed by atoms with E-state index in [1.807, 2.05) is 13.8 Å². The van der Waals surface area contributed by atoms with Gasteiger partial charge in [0, 0.05) is 18.8 Å². The first-order valence-electron chi connectivity index (χ1n) is 5.26. The molecule has 2 aromatic heterocycles. The molecule has 2 heterocycles. The minimum Gasteiger partial charge on any atom is -0.371 e. The van der Waals surface area contributed by atoms with Crippen LogP contribution < -0.4 is 5.32 Å². The third-order valence-electron chi connectivity index (χ3n) is 2.79. The number of hydrogen-bond acceptors (Lipinski definition) is 4. The molecule has 17 heavy (non-hydrogen) atoms. The Hall–Kier alpha value is -2.04. The molecule has 0 spiro atoms. The van der Waals surface area contributed by atoms with E-state index < -0.39 is 0 Å². The van der Waals surface area contributed by atoms with Crippen molar-refractivity contribution in [1.29, 1.82) is 0 Å². The van der Waals surface area contributed by atoms with Gasteiger partial charge in [-0.1, -0.05) is 0 Å². The molecule has 88 valence electrons. The predicted molar refractivity (Wildman–Crippen MR) is 64.2 cm³/mol. The van der Waals surface area contributed by atoms with E-state index in [4.69, 9.17) is 0 Å². The molecule has 2 aromatic rings. The first kappa shape index (κ1) is 11.4. The summed E-state index contributed by atoms with van der Waals surface area (Å²) in [5, 5.41) is 11.0. The molecule has 0 fully saturated rings. The van der Waals surface area contributed by atoms with Gasteiger partial charge in [-0.2, -0.15) is 0 Å². The normalized spacial score (nSPS) is 10.4. The molecule has 0 radical (unpaired) electrons. The molecule has 0 unspecified atom stereocenters. The van der Waals surface area contributed by atoms with E-state index in [1.54, 1.807) is 19.3 Å². The van der Waals surface area contributed by atoms with Crippen LogP contribution in [0.4, 0.5) is 10.2 Å². The van der Waals surface area contributed by atoms with Crippen molar-refractivity contribution in [2.75, 3.05) is 12.4 Å². The van der Waals surface area contributed by atoms with Crippen LogP contribution >= 0.6 is 0 Å². The van der Waals surface area contributed by atoms with Gasteiger partial charge in [0.2, 0.25) is 0 Å². The van der Waals surface area contributed by atoms with Crippen LogP contribution in [-0.4, -0.2) is 22.2 Å². The molecule has 0 atom stereocenters. The van der Waals surface area contributed by atoms with Crippen LogP contribution in [0.1, 0.15) is 11.1 Å². The molecule has 0 saturated heterocycles. The van der Waals surface area contributed by atoms with Gasteiger partial charge in [-0.25, -0.2) is 4.39 Å². The Morgan fingerprint density at radius 3 is 2.59 bits per heavy atom. The van der Waals surface area contributed by atoms with Crippen LogP contribution in [0, 0.1) is 19.7 Å². The summed E-state index contributed by atoms with van der Waals surface area (Å²) in [4.78, 5) is 3.72. The number of rotatable bonds is 2. The summed E-state index contributed by atoms with van der Waals surface area (Å²) in [5.74, 6) is 0.322. The largest absolute Gasteiger partial charge is 0.371 e. The van der Waals surface area contributed by atoms with Crippen molar-refractivity contribution in [3.63, 3.8) is 0 Å². The minimum atomic E-state index is -0.387. The maximum absolute atomic E-state index is 13.6. The average molecular weight is 232 g/mol. The lowest BCUT2D eigenvalue weighted by atomic mass is 10.0. The topological polar surface area (TPSA) is 50.7 Å². The van der Waals surface area contributed by atoms with Gasteiger partial charge in [-0.05, 0) is 31.0 Å². The van der Waals surface area contributed by atoms with Crippen molar-refractivity contribution in [1.82, 2.24) is 15.2 Å². The maximum atomic E-state index is 13.6. The predicted octanol–water partition coefficient (Wildman–Crippen LogP) is 2.34. The zero-order chi connectivity index (χ0) is 12.4. The molecule has 1 N–H and O–H groups in total. The first-order valence-corrected chi connectivity index (χ1v) is 5.26. The highest BCUT2D eigenvalue weighted by Gasteiger charge is 2.13. The lowest BCUT2D eigenvalue weighted by molar-refractivity contribution is 0.624. The van der Waals surface area contributed by atoms with Gasteiger partial charge in [0.25, 0.3) is 0 Å². The third-order valence-corrected chi connectivity index (χ3v) is 2.79. The van der Waals surface area contributed by atoms with Crippen molar-refractivity contribution < 1.29 is 4.39 Å². The minimum absolute atomic E-state index is 0.387. The summed E-state index contributed by atoms with van der Waals surface area (Å²) < 4.78 is 13.6. The van der Waals surface area contributed by atoms with Crippen LogP contribution in [0.15, 0.2) is 18.5 Å². The van der Waals surface area contributed by atoms with Gasteiger partial charge in [0.05, 0.1) is 11.9 Å². The zero-order valence-electron chi connectivity index (χ0n) is 9.95. The highest BCUT2D eigenvalue weighted by molar-refractivity contribution is 5.66. The highest BCUT2D eigenvalue weighted by Crippen LogP contribution is 2.26. The Kier molecular flexibility index (Phi) is 2.99. The molecule has 0 aromatic carbocycles. The smallest absolute Gasteiger partial charge is 0.151 e. The molecular weight excluding hydrogens is 219 g/mol. The molecule has 0 saturated carbocycles. The van der Waals surface area contributed by atoms with Gasteiger partial charge in [0.1, 0.15) is 0 Å². The third kappa shape index (κ3) is 1.95. The van der Waals surface area contributed by atoms with Crippen LogP contribution in [0.2, 0.25) is 0 Å². The van der Waals surface area contributed by atoms with Crippen LogP contribution in [0.5, 0.6) is 0 Å². The quantitative estimate of drug-likeness (QED) is 0.863. The number of aromatic nitrogens is 3. The second kappa shape index (κ2) is 4.45. The van der Waals surface area contributed by atoms with Crippen molar-refractivity contribution in [2.24, 2.45) is 0 Å². The van der Waals surface area contributed by atoms with E-state index in [2.05, 4.69) is 20.5 Å². The lowest BCUT2D eigenvalue weighted by Gasteiger charge is -2.10. The Bertz CT molecular complexity index is 554. The molecule has 4 nitrogen and oxygen atoms in total. The summed E-state index contributed by atoms with van der Waals surface area (Å²) >= 11 is 0. The Balaban J connectivity index is 2.62. The van der Waals surface area contributed by atoms with Crippen molar-refractivity contribution in [2.45, 2.75) is 13.8 Å². The second-order valence-electron chi connectivity index (χ2n) is 3.75. The SMILES string of the molecule is CNc1nnc(-c2ccncc2F)c(C)c1C. The van der Waals surface area contributed by atoms with Gasteiger partial charge in [-0.3, -0.25) is 4.98 Å². The van der Waals surface area contributed by atoms with E-state index in [9.17, 15) is 4.39 Å². The second-order valence-corrected chi connectivity index (χ2v) is 3.75. The fourth-order valence-corrected chi connectivity index (χ4v) is 1.67. The fraction of sp³-hybridized carbons (Fsp3) is 0.250. The Labute approximate surface area is 98.9 Å². The van der Waals surface area contributed by atoms with E-state index in [0.29, 0.717) is 17.1 Å². The van der Waals surface area contributed by atoms with Gasteiger partial charge in [-0.15, -0.1) is 10.2 Å². The monoisotopic (exact) mass is 232 g/mol. The van der Waals surface area contributed by atoms with Crippen LogP contribution in [0.25, 0.3) is 11.3 Å². The summed E-state index contributed by atoms with van der Waals surface area (Å²) in [7, 11) is 1.78. The molecule has 0 aliphatic carbocycles. The van der Waals surface area contributed by atoms with Gasteiger partial charge >= 0.3 is 0 Å². The van der Waals surface area contributed by atoms with Crippen LogP contribution in [-0.2, 0) is 0 Å². The summed E-state index contributed by atoms with van der Waals surface area (Å²) in [6.07, 6.45) is 2.72. The van der Waals surface area contributed by atoms with Crippen molar-refractivity contribution >= 4 is 5.82 Å². The van der Waals surface area contributed by atoms with E-state index in [-0.39, 0.29) is 5.82 Å². The number of pyridine rings is 1. The number of hydrogen-bond donors (Lipinski definition) is 1. The van der Waals surface area contributed by atoms with Crippen LogP contribution in [0.3, 0.4) is 0 Å².